The van der Waals surface area contributed by atoms with Gasteiger partial charge in [0.1, 0.15) is 11.5 Å². The van der Waals surface area contributed by atoms with E-state index in [1.54, 1.807) is 29.7 Å². The summed E-state index contributed by atoms with van der Waals surface area (Å²) in [6.45, 7) is 1.71. The SMILES string of the molecule is Cc1c(F)cc(N)cc1-c1ccc2nc(NC=O)cn2c1. The maximum atomic E-state index is 13.8. The molecule has 1 amide bonds. The topological polar surface area (TPSA) is 72.4 Å². The molecule has 0 fully saturated rings. The van der Waals surface area contributed by atoms with Crippen molar-refractivity contribution in [3.63, 3.8) is 0 Å². The van der Waals surface area contributed by atoms with E-state index in [1.165, 1.54) is 6.07 Å². The molecule has 0 radical (unpaired) electrons. The Balaban J connectivity index is 2.14. The summed E-state index contributed by atoms with van der Waals surface area (Å²) in [4.78, 5) is 14.7. The highest BCUT2D eigenvalue weighted by Crippen LogP contribution is 2.28. The lowest BCUT2D eigenvalue weighted by Crippen LogP contribution is -1.94. The summed E-state index contributed by atoms with van der Waals surface area (Å²) < 4.78 is 15.6. The van der Waals surface area contributed by atoms with Gasteiger partial charge >= 0.3 is 0 Å². The minimum absolute atomic E-state index is 0.334. The molecule has 0 bridgehead atoms. The number of nitrogens with zero attached hydrogens (tertiary/aromatic N) is 2. The van der Waals surface area contributed by atoms with Gasteiger partial charge in [-0.3, -0.25) is 4.79 Å². The minimum atomic E-state index is -0.334. The number of nitrogens with two attached hydrogens (primary N) is 1. The second-order valence-electron chi connectivity index (χ2n) is 4.75. The van der Waals surface area contributed by atoms with E-state index in [2.05, 4.69) is 10.3 Å². The number of nitrogen functional groups attached to an aromatic ring is 1. The van der Waals surface area contributed by atoms with Crippen LogP contribution in [0.4, 0.5) is 15.9 Å². The Morgan fingerprint density at radius 2 is 2.14 bits per heavy atom. The number of fused-ring (bicyclic) bond motifs is 1. The fourth-order valence-electron chi connectivity index (χ4n) is 2.28. The first-order valence-electron chi connectivity index (χ1n) is 6.33. The molecule has 0 unspecified atom stereocenters. The van der Waals surface area contributed by atoms with Crippen molar-refractivity contribution in [2.24, 2.45) is 0 Å². The molecule has 0 aliphatic carbocycles. The molecule has 0 saturated heterocycles. The second kappa shape index (κ2) is 4.90. The van der Waals surface area contributed by atoms with Crippen LogP contribution in [-0.4, -0.2) is 15.8 Å². The van der Waals surface area contributed by atoms with Gasteiger partial charge in [0.05, 0.1) is 6.20 Å². The first kappa shape index (κ1) is 13.1. The number of pyridine rings is 1. The number of amides is 1. The summed E-state index contributed by atoms with van der Waals surface area (Å²) in [5.41, 5.74) is 8.86. The Kier molecular flexibility index (Phi) is 3.06. The van der Waals surface area contributed by atoms with Gasteiger partial charge in [-0.25, -0.2) is 9.37 Å². The quantitative estimate of drug-likeness (QED) is 0.573. The van der Waals surface area contributed by atoms with Crippen LogP contribution in [-0.2, 0) is 4.79 Å². The molecule has 3 N–H and O–H groups in total. The lowest BCUT2D eigenvalue weighted by molar-refractivity contribution is -0.105. The normalized spacial score (nSPS) is 10.8. The van der Waals surface area contributed by atoms with Gasteiger partial charge in [-0.15, -0.1) is 0 Å². The largest absolute Gasteiger partial charge is 0.399 e. The molecule has 1 aromatic carbocycles. The van der Waals surface area contributed by atoms with E-state index in [1.807, 2.05) is 12.3 Å². The number of anilines is 2. The van der Waals surface area contributed by atoms with Crippen LogP contribution in [0.15, 0.2) is 36.7 Å². The van der Waals surface area contributed by atoms with Crippen molar-refractivity contribution in [1.29, 1.82) is 0 Å². The Morgan fingerprint density at radius 3 is 2.90 bits per heavy atom. The Bertz CT molecular complexity index is 841. The highest BCUT2D eigenvalue weighted by atomic mass is 19.1. The number of hydrogen-bond acceptors (Lipinski definition) is 3. The summed E-state index contributed by atoms with van der Waals surface area (Å²) in [5.74, 6) is 0.122. The lowest BCUT2D eigenvalue weighted by atomic mass is 10.0. The van der Waals surface area contributed by atoms with Gasteiger partial charge in [0.2, 0.25) is 6.41 Å². The molecule has 21 heavy (non-hydrogen) atoms. The molecule has 3 rings (SSSR count). The molecule has 0 spiro atoms. The molecule has 0 atom stereocenters. The fraction of sp³-hybridized carbons (Fsp3) is 0.0667. The molecule has 2 aromatic heterocycles. The first-order valence-corrected chi connectivity index (χ1v) is 6.33. The number of benzene rings is 1. The summed E-state index contributed by atoms with van der Waals surface area (Å²) in [5, 5.41) is 2.49. The Hall–Kier alpha value is -2.89. The van der Waals surface area contributed by atoms with E-state index < -0.39 is 0 Å². The molecule has 106 valence electrons. The van der Waals surface area contributed by atoms with Crippen LogP contribution < -0.4 is 11.1 Å². The van der Waals surface area contributed by atoms with Crippen LogP contribution >= 0.6 is 0 Å². The van der Waals surface area contributed by atoms with Crippen LogP contribution in [0.1, 0.15) is 5.56 Å². The standard InChI is InChI=1S/C15H13FN4O/c1-9-12(4-11(17)5-13(9)16)10-2-3-15-19-14(18-8-21)7-20(15)6-10/h2-8H,17H2,1H3,(H,18,21). The van der Waals surface area contributed by atoms with Crippen LogP contribution in [0.25, 0.3) is 16.8 Å². The maximum Gasteiger partial charge on any atom is 0.212 e. The molecule has 6 heteroatoms. The highest BCUT2D eigenvalue weighted by Gasteiger charge is 2.09. The fourth-order valence-corrected chi connectivity index (χ4v) is 2.28. The zero-order valence-electron chi connectivity index (χ0n) is 11.3. The monoisotopic (exact) mass is 284 g/mol. The third kappa shape index (κ3) is 2.31. The van der Waals surface area contributed by atoms with Gasteiger partial charge in [0.25, 0.3) is 0 Å². The van der Waals surface area contributed by atoms with E-state index in [0.717, 1.165) is 11.1 Å². The molecule has 3 aromatic rings. The van der Waals surface area contributed by atoms with Crippen LogP contribution in [0.2, 0.25) is 0 Å². The number of halogens is 1. The van der Waals surface area contributed by atoms with Crippen LogP contribution in [0.3, 0.4) is 0 Å². The first-order chi connectivity index (χ1) is 10.1. The van der Waals surface area contributed by atoms with Crippen molar-refractivity contribution in [1.82, 2.24) is 9.38 Å². The van der Waals surface area contributed by atoms with Crippen molar-refractivity contribution < 1.29 is 9.18 Å². The van der Waals surface area contributed by atoms with Gasteiger partial charge in [0.15, 0.2) is 5.82 Å². The van der Waals surface area contributed by atoms with E-state index >= 15 is 0 Å². The van der Waals surface area contributed by atoms with Crippen LogP contribution in [0.5, 0.6) is 0 Å². The number of carbonyl (C=O) groups is 1. The van der Waals surface area contributed by atoms with Gasteiger partial charge in [0, 0.05) is 11.9 Å². The van der Waals surface area contributed by atoms with E-state index in [9.17, 15) is 9.18 Å². The molecular formula is C15H13FN4O. The number of nitrogens with one attached hydrogen (secondary N) is 1. The van der Waals surface area contributed by atoms with Crippen molar-refractivity contribution in [3.8, 4) is 11.1 Å². The molecular weight excluding hydrogens is 271 g/mol. The van der Waals surface area contributed by atoms with Gasteiger partial charge in [-0.2, -0.15) is 0 Å². The summed E-state index contributed by atoms with van der Waals surface area (Å²) >= 11 is 0. The number of aromatic nitrogens is 2. The second-order valence-corrected chi connectivity index (χ2v) is 4.75. The average Bonchev–Trinajstić information content (AvgIpc) is 2.84. The number of imidazole rings is 1. The molecule has 0 aliphatic heterocycles. The molecule has 0 aliphatic rings. The van der Waals surface area contributed by atoms with Crippen molar-refractivity contribution in [2.45, 2.75) is 6.92 Å². The third-order valence-corrected chi connectivity index (χ3v) is 3.34. The average molecular weight is 284 g/mol. The van der Waals surface area contributed by atoms with Crippen molar-refractivity contribution in [2.75, 3.05) is 11.1 Å². The third-order valence-electron chi connectivity index (χ3n) is 3.34. The summed E-state index contributed by atoms with van der Waals surface area (Å²) in [6, 6.07) is 6.68. The summed E-state index contributed by atoms with van der Waals surface area (Å²) in [7, 11) is 0. The molecule has 0 saturated carbocycles. The Labute approximate surface area is 120 Å². The summed E-state index contributed by atoms with van der Waals surface area (Å²) in [6.07, 6.45) is 4.07. The van der Waals surface area contributed by atoms with Crippen LogP contribution in [0, 0.1) is 12.7 Å². The van der Waals surface area contributed by atoms with E-state index in [0.29, 0.717) is 29.1 Å². The zero-order chi connectivity index (χ0) is 15.0. The predicted octanol–water partition coefficient (Wildman–Crippen LogP) is 2.60. The minimum Gasteiger partial charge on any atom is -0.399 e. The number of hydrogen-bond donors (Lipinski definition) is 2. The van der Waals surface area contributed by atoms with Gasteiger partial charge < -0.3 is 15.5 Å². The highest BCUT2D eigenvalue weighted by molar-refractivity contribution is 5.73. The maximum absolute atomic E-state index is 13.8. The zero-order valence-corrected chi connectivity index (χ0v) is 11.3. The van der Waals surface area contributed by atoms with Gasteiger partial charge in [-0.05, 0) is 47.9 Å². The lowest BCUT2D eigenvalue weighted by Gasteiger charge is -2.09. The molecule has 5 nitrogen and oxygen atoms in total. The van der Waals surface area contributed by atoms with Crippen molar-refractivity contribution >= 4 is 23.6 Å². The van der Waals surface area contributed by atoms with E-state index in [-0.39, 0.29) is 5.82 Å². The van der Waals surface area contributed by atoms with Crippen molar-refractivity contribution in [3.05, 3.63) is 48.0 Å². The smallest absolute Gasteiger partial charge is 0.212 e. The predicted molar refractivity (Wildman–Crippen MR) is 79.4 cm³/mol. The number of rotatable bonds is 3. The molecule has 2 heterocycles. The van der Waals surface area contributed by atoms with Gasteiger partial charge in [-0.1, -0.05) is 0 Å². The Morgan fingerprint density at radius 1 is 1.33 bits per heavy atom. The van der Waals surface area contributed by atoms with E-state index in [4.69, 9.17) is 5.73 Å². The number of carbonyl (C=O) groups excluding carboxylic acids is 1.